The average molecular weight is 403 g/mol. The molecule has 3 heteroatoms. The summed E-state index contributed by atoms with van der Waals surface area (Å²) >= 11 is 6.38. The number of para-hydroxylation sites is 1. The van der Waals surface area contributed by atoms with Crippen molar-refractivity contribution in [3.8, 4) is 0 Å². The number of fused-ring (bicyclic) bond motifs is 13. The van der Waals surface area contributed by atoms with Gasteiger partial charge in [0.25, 0.3) is 0 Å². The SMILES string of the molecule is Clc1ccc2c(c1)c1ccccc1n1c2nc2c3ccccc3c3ccccc3c21. The van der Waals surface area contributed by atoms with Gasteiger partial charge >= 0.3 is 0 Å². The van der Waals surface area contributed by atoms with Crippen LogP contribution in [0, 0.1) is 0 Å². The summed E-state index contributed by atoms with van der Waals surface area (Å²) in [6, 6.07) is 31.8. The summed E-state index contributed by atoms with van der Waals surface area (Å²) in [5.41, 5.74) is 4.31. The van der Waals surface area contributed by atoms with Gasteiger partial charge in [-0.2, -0.15) is 0 Å². The van der Waals surface area contributed by atoms with Gasteiger partial charge in [0.1, 0.15) is 5.65 Å². The molecule has 0 saturated carbocycles. The van der Waals surface area contributed by atoms with Crippen molar-refractivity contribution in [2.24, 2.45) is 0 Å². The lowest BCUT2D eigenvalue weighted by Gasteiger charge is -2.11. The van der Waals surface area contributed by atoms with E-state index in [1.807, 2.05) is 6.07 Å². The zero-order valence-electron chi connectivity index (χ0n) is 15.9. The molecule has 2 nitrogen and oxygen atoms in total. The van der Waals surface area contributed by atoms with E-state index in [0.29, 0.717) is 0 Å². The highest BCUT2D eigenvalue weighted by Crippen LogP contribution is 2.39. The molecule has 0 aliphatic carbocycles. The molecule has 0 aliphatic rings. The molecule has 2 aromatic heterocycles. The Bertz CT molecular complexity index is 1810. The molecule has 2 heterocycles. The number of aromatic nitrogens is 2. The first-order valence-electron chi connectivity index (χ1n) is 10.0. The molecule has 7 rings (SSSR count). The van der Waals surface area contributed by atoms with E-state index in [2.05, 4.69) is 89.3 Å². The molecule has 0 saturated heterocycles. The molecule has 0 aliphatic heterocycles. The van der Waals surface area contributed by atoms with E-state index in [1.54, 1.807) is 0 Å². The number of nitrogens with zero attached hydrogens (tertiary/aromatic N) is 2. The normalized spacial score (nSPS) is 12.2. The smallest absolute Gasteiger partial charge is 0.146 e. The number of rotatable bonds is 0. The van der Waals surface area contributed by atoms with Gasteiger partial charge in [-0.15, -0.1) is 0 Å². The molecule has 0 bridgehead atoms. The number of halogens is 1. The third kappa shape index (κ3) is 1.96. The van der Waals surface area contributed by atoms with Crippen LogP contribution in [0.2, 0.25) is 5.02 Å². The highest BCUT2D eigenvalue weighted by Gasteiger charge is 2.18. The van der Waals surface area contributed by atoms with E-state index >= 15 is 0 Å². The summed E-state index contributed by atoms with van der Waals surface area (Å²) in [5.74, 6) is 0. The van der Waals surface area contributed by atoms with Gasteiger partial charge in [0.2, 0.25) is 0 Å². The fourth-order valence-corrected chi connectivity index (χ4v) is 5.12. The fraction of sp³-hybridized carbons (Fsp3) is 0. The largest absolute Gasteiger partial charge is 0.291 e. The van der Waals surface area contributed by atoms with Gasteiger partial charge in [-0.25, -0.2) is 4.98 Å². The van der Waals surface area contributed by atoms with E-state index in [-0.39, 0.29) is 0 Å². The quantitative estimate of drug-likeness (QED) is 0.237. The highest BCUT2D eigenvalue weighted by molar-refractivity contribution is 6.32. The third-order valence-corrected chi connectivity index (χ3v) is 6.42. The minimum absolute atomic E-state index is 0.740. The van der Waals surface area contributed by atoms with Crippen LogP contribution in [0.3, 0.4) is 0 Å². The Balaban J connectivity index is 1.92. The predicted molar refractivity (Wildman–Crippen MR) is 128 cm³/mol. The van der Waals surface area contributed by atoms with Gasteiger partial charge < -0.3 is 0 Å². The van der Waals surface area contributed by atoms with Crippen molar-refractivity contribution >= 4 is 71.5 Å². The van der Waals surface area contributed by atoms with Crippen molar-refractivity contribution in [1.29, 1.82) is 0 Å². The molecule has 0 spiro atoms. The van der Waals surface area contributed by atoms with Crippen LogP contribution < -0.4 is 0 Å². The first-order valence-corrected chi connectivity index (χ1v) is 10.4. The summed E-state index contributed by atoms with van der Waals surface area (Å²) < 4.78 is 2.33. The molecule has 140 valence electrons. The van der Waals surface area contributed by atoms with Crippen molar-refractivity contribution in [2.75, 3.05) is 0 Å². The first-order chi connectivity index (χ1) is 14.8. The molecule has 0 amide bonds. The van der Waals surface area contributed by atoms with Crippen LogP contribution in [0.25, 0.3) is 59.9 Å². The minimum atomic E-state index is 0.740. The molecule has 0 atom stereocenters. The van der Waals surface area contributed by atoms with Gasteiger partial charge in [-0.1, -0.05) is 78.3 Å². The maximum atomic E-state index is 6.38. The molecule has 30 heavy (non-hydrogen) atoms. The van der Waals surface area contributed by atoms with Crippen LogP contribution in [0.4, 0.5) is 0 Å². The lowest BCUT2D eigenvalue weighted by atomic mass is 10.00. The molecular weight excluding hydrogens is 388 g/mol. The van der Waals surface area contributed by atoms with Crippen LogP contribution in [0.5, 0.6) is 0 Å². The molecule has 7 aromatic rings. The van der Waals surface area contributed by atoms with Crippen LogP contribution in [-0.2, 0) is 0 Å². The van der Waals surface area contributed by atoms with Crippen molar-refractivity contribution in [2.45, 2.75) is 0 Å². The minimum Gasteiger partial charge on any atom is -0.291 e. The number of hydrogen-bond acceptors (Lipinski definition) is 1. The van der Waals surface area contributed by atoms with Gasteiger partial charge in [0, 0.05) is 26.6 Å². The van der Waals surface area contributed by atoms with Crippen LogP contribution >= 0.6 is 11.6 Å². The molecule has 5 aromatic carbocycles. The van der Waals surface area contributed by atoms with Gasteiger partial charge in [-0.05, 0) is 40.4 Å². The van der Waals surface area contributed by atoms with Gasteiger partial charge in [-0.3, -0.25) is 4.40 Å². The van der Waals surface area contributed by atoms with Crippen molar-refractivity contribution in [1.82, 2.24) is 9.38 Å². The van der Waals surface area contributed by atoms with E-state index in [0.717, 1.165) is 38.0 Å². The van der Waals surface area contributed by atoms with Crippen molar-refractivity contribution in [3.63, 3.8) is 0 Å². The number of hydrogen-bond donors (Lipinski definition) is 0. The summed E-state index contributed by atoms with van der Waals surface area (Å²) in [5, 5.41) is 9.06. The van der Waals surface area contributed by atoms with Gasteiger partial charge in [0.15, 0.2) is 0 Å². The second kappa shape index (κ2) is 5.71. The van der Waals surface area contributed by atoms with Crippen LogP contribution in [-0.4, -0.2) is 9.38 Å². The molecule has 0 fully saturated rings. The number of imidazole rings is 1. The zero-order chi connectivity index (χ0) is 19.8. The van der Waals surface area contributed by atoms with E-state index < -0.39 is 0 Å². The van der Waals surface area contributed by atoms with E-state index in [9.17, 15) is 0 Å². The predicted octanol–water partition coefficient (Wildman–Crippen LogP) is 7.75. The maximum Gasteiger partial charge on any atom is 0.146 e. The second-order valence-corrected chi connectivity index (χ2v) is 8.20. The van der Waals surface area contributed by atoms with E-state index in [1.165, 1.54) is 26.9 Å². The Labute approximate surface area is 176 Å². The first kappa shape index (κ1) is 16.2. The molecular formula is C27H15ClN2. The van der Waals surface area contributed by atoms with Crippen LogP contribution in [0.15, 0.2) is 91.0 Å². The summed E-state index contributed by atoms with van der Waals surface area (Å²) in [6.07, 6.45) is 0. The zero-order valence-corrected chi connectivity index (χ0v) is 16.7. The Morgan fingerprint density at radius 1 is 0.567 bits per heavy atom. The second-order valence-electron chi connectivity index (χ2n) is 7.77. The maximum absolute atomic E-state index is 6.38. The Kier molecular flexibility index (Phi) is 3.09. The fourth-order valence-electron chi connectivity index (χ4n) is 4.95. The topological polar surface area (TPSA) is 17.3 Å². The Morgan fingerprint density at radius 3 is 2.00 bits per heavy atom. The standard InChI is InChI=1S/C27H15ClN2/c28-16-13-14-22-23(15-16)19-9-5-6-12-24(19)30-26-21-11-4-2-8-18(21)17-7-1-3-10-20(17)25(26)29-27(22)30/h1-15H. The lowest BCUT2D eigenvalue weighted by molar-refractivity contribution is 1.32. The molecule has 0 N–H and O–H groups in total. The third-order valence-electron chi connectivity index (χ3n) is 6.19. The summed E-state index contributed by atoms with van der Waals surface area (Å²) in [7, 11) is 0. The lowest BCUT2D eigenvalue weighted by Crippen LogP contribution is -1.92. The molecule has 0 radical (unpaired) electrons. The highest BCUT2D eigenvalue weighted by atomic mass is 35.5. The molecule has 0 unspecified atom stereocenters. The summed E-state index contributed by atoms with van der Waals surface area (Å²) in [4.78, 5) is 5.22. The van der Waals surface area contributed by atoms with Crippen molar-refractivity contribution < 1.29 is 0 Å². The number of pyridine rings is 1. The Morgan fingerprint density at radius 2 is 1.20 bits per heavy atom. The number of benzene rings is 5. The van der Waals surface area contributed by atoms with Gasteiger partial charge in [0.05, 0.1) is 16.6 Å². The van der Waals surface area contributed by atoms with Crippen LogP contribution in [0.1, 0.15) is 0 Å². The summed E-state index contributed by atoms with van der Waals surface area (Å²) in [6.45, 7) is 0. The average Bonchev–Trinajstić information content (AvgIpc) is 3.21. The Hall–Kier alpha value is -3.62. The monoisotopic (exact) mass is 402 g/mol. The van der Waals surface area contributed by atoms with E-state index in [4.69, 9.17) is 16.6 Å². The van der Waals surface area contributed by atoms with Crippen molar-refractivity contribution in [3.05, 3.63) is 96.0 Å².